The van der Waals surface area contributed by atoms with E-state index < -0.39 is 56.3 Å². The number of carbonyl (C=O) groups excluding carboxylic acids is 2. The maximum atomic E-state index is 13.8. The molecular formula is C18H18F3N3O4S. The number of sulfonamides is 1. The first-order valence-electron chi connectivity index (χ1n) is 8.30. The van der Waals surface area contributed by atoms with Gasteiger partial charge in [-0.1, -0.05) is 18.2 Å². The van der Waals surface area contributed by atoms with Crippen LogP contribution in [0.2, 0.25) is 0 Å². The highest BCUT2D eigenvalue weighted by Gasteiger charge is 2.28. The molecule has 0 fully saturated rings. The van der Waals surface area contributed by atoms with E-state index in [0.29, 0.717) is 0 Å². The molecule has 2 aromatic carbocycles. The molecule has 0 aliphatic rings. The molecule has 0 aliphatic carbocycles. The van der Waals surface area contributed by atoms with Gasteiger partial charge in [-0.2, -0.15) is 4.72 Å². The molecule has 11 heteroatoms. The Morgan fingerprint density at radius 1 is 0.931 bits per heavy atom. The van der Waals surface area contributed by atoms with Crippen LogP contribution in [0.15, 0.2) is 47.4 Å². The van der Waals surface area contributed by atoms with E-state index in [1.165, 1.54) is 26.1 Å². The Kier molecular flexibility index (Phi) is 6.98. The van der Waals surface area contributed by atoms with E-state index in [1.807, 2.05) is 4.72 Å². The fourth-order valence-corrected chi connectivity index (χ4v) is 3.70. The van der Waals surface area contributed by atoms with Gasteiger partial charge in [0.15, 0.2) is 11.6 Å². The average molecular weight is 429 g/mol. The van der Waals surface area contributed by atoms with Gasteiger partial charge in [0.2, 0.25) is 21.8 Å². The van der Waals surface area contributed by atoms with Crippen LogP contribution in [0.1, 0.15) is 18.5 Å². The van der Waals surface area contributed by atoms with Gasteiger partial charge in [-0.25, -0.2) is 21.6 Å². The first-order valence-corrected chi connectivity index (χ1v) is 9.79. The molecule has 3 N–H and O–H groups in total. The van der Waals surface area contributed by atoms with E-state index in [2.05, 4.69) is 10.6 Å². The van der Waals surface area contributed by atoms with Crippen LogP contribution in [-0.2, 0) is 19.6 Å². The van der Waals surface area contributed by atoms with Crippen LogP contribution in [-0.4, -0.2) is 33.3 Å². The minimum Gasteiger partial charge on any atom is -0.357 e. The molecule has 0 saturated heterocycles. The van der Waals surface area contributed by atoms with Gasteiger partial charge in [-0.15, -0.1) is 0 Å². The lowest BCUT2D eigenvalue weighted by Crippen LogP contribution is -2.48. The zero-order chi connectivity index (χ0) is 21.8. The summed E-state index contributed by atoms with van der Waals surface area (Å²) < 4.78 is 67.0. The van der Waals surface area contributed by atoms with Gasteiger partial charge in [0, 0.05) is 7.05 Å². The van der Waals surface area contributed by atoms with Gasteiger partial charge in [0.1, 0.15) is 16.8 Å². The van der Waals surface area contributed by atoms with Crippen molar-refractivity contribution >= 4 is 21.8 Å². The number of carbonyl (C=O) groups is 2. The van der Waals surface area contributed by atoms with Crippen LogP contribution < -0.4 is 15.4 Å². The Hall–Kier alpha value is -2.92. The van der Waals surface area contributed by atoms with E-state index in [-0.39, 0.29) is 5.56 Å². The summed E-state index contributed by atoms with van der Waals surface area (Å²) in [6.45, 7) is 1.18. The van der Waals surface area contributed by atoms with Crippen molar-refractivity contribution in [3.63, 3.8) is 0 Å². The summed E-state index contributed by atoms with van der Waals surface area (Å²) in [6, 6.07) is 4.40. The lowest BCUT2D eigenvalue weighted by atomic mass is 10.1. The Bertz CT molecular complexity index is 1030. The quantitative estimate of drug-likeness (QED) is 0.619. The Morgan fingerprint density at radius 3 is 2.17 bits per heavy atom. The molecule has 2 amide bonds. The van der Waals surface area contributed by atoms with Gasteiger partial charge < -0.3 is 10.6 Å². The predicted molar refractivity (Wildman–Crippen MR) is 97.5 cm³/mol. The number of benzene rings is 2. The Labute approximate surface area is 165 Å². The highest BCUT2D eigenvalue weighted by molar-refractivity contribution is 7.89. The van der Waals surface area contributed by atoms with Crippen molar-refractivity contribution in [2.45, 2.75) is 23.9 Å². The second-order valence-corrected chi connectivity index (χ2v) is 7.69. The zero-order valence-electron chi connectivity index (χ0n) is 15.4. The van der Waals surface area contributed by atoms with Crippen molar-refractivity contribution in [3.8, 4) is 0 Å². The van der Waals surface area contributed by atoms with Crippen molar-refractivity contribution in [1.29, 1.82) is 0 Å². The second kappa shape index (κ2) is 9.05. The van der Waals surface area contributed by atoms with E-state index in [9.17, 15) is 31.2 Å². The third-order valence-electron chi connectivity index (χ3n) is 3.92. The number of halogens is 3. The van der Waals surface area contributed by atoms with Gasteiger partial charge in [0.05, 0.1) is 6.04 Å². The Morgan fingerprint density at radius 2 is 1.59 bits per heavy atom. The molecule has 0 spiro atoms. The van der Waals surface area contributed by atoms with Crippen molar-refractivity contribution in [3.05, 3.63) is 65.5 Å². The maximum Gasteiger partial charge on any atom is 0.246 e. The molecule has 2 atom stereocenters. The summed E-state index contributed by atoms with van der Waals surface area (Å²) in [6.07, 6.45) is 0. The number of hydrogen-bond acceptors (Lipinski definition) is 4. The van der Waals surface area contributed by atoms with Crippen LogP contribution in [0.4, 0.5) is 13.2 Å². The largest absolute Gasteiger partial charge is 0.357 e. The van der Waals surface area contributed by atoms with Crippen LogP contribution in [0.3, 0.4) is 0 Å². The molecule has 1 unspecified atom stereocenters. The summed E-state index contributed by atoms with van der Waals surface area (Å²) >= 11 is 0. The lowest BCUT2D eigenvalue weighted by molar-refractivity contribution is -0.129. The van der Waals surface area contributed by atoms with Gasteiger partial charge in [-0.05, 0) is 36.8 Å². The molecule has 0 aliphatic heterocycles. The van der Waals surface area contributed by atoms with Crippen molar-refractivity contribution in [2.24, 2.45) is 0 Å². The number of amides is 2. The monoisotopic (exact) mass is 429 g/mol. The van der Waals surface area contributed by atoms with E-state index in [1.54, 1.807) is 0 Å². The molecule has 29 heavy (non-hydrogen) atoms. The van der Waals surface area contributed by atoms with Crippen LogP contribution in [0.25, 0.3) is 0 Å². The first-order chi connectivity index (χ1) is 13.6. The number of likely N-dealkylation sites (N-methyl/N-ethyl adjacent to an activating group) is 1. The van der Waals surface area contributed by atoms with Gasteiger partial charge in [0.25, 0.3) is 0 Å². The molecule has 7 nitrogen and oxygen atoms in total. The smallest absolute Gasteiger partial charge is 0.246 e. The molecular weight excluding hydrogens is 411 g/mol. The topological polar surface area (TPSA) is 104 Å². The van der Waals surface area contributed by atoms with Gasteiger partial charge >= 0.3 is 0 Å². The fraction of sp³-hybridized carbons (Fsp3) is 0.222. The van der Waals surface area contributed by atoms with Crippen molar-refractivity contribution < 1.29 is 31.2 Å². The van der Waals surface area contributed by atoms with Crippen LogP contribution in [0, 0.1) is 17.5 Å². The fourth-order valence-electron chi connectivity index (χ4n) is 2.42. The van der Waals surface area contributed by atoms with Crippen molar-refractivity contribution in [1.82, 2.24) is 15.4 Å². The van der Waals surface area contributed by atoms with E-state index >= 15 is 0 Å². The van der Waals surface area contributed by atoms with Crippen LogP contribution in [0.5, 0.6) is 0 Å². The third-order valence-corrected chi connectivity index (χ3v) is 5.50. The SMILES string of the molecule is CNC(=O)C(NC(=O)[C@H](C)NS(=O)(=O)c1ccccc1F)c1ccc(F)c(F)c1. The summed E-state index contributed by atoms with van der Waals surface area (Å²) in [4.78, 5) is 23.9. The molecule has 2 aromatic rings. The molecule has 0 heterocycles. The summed E-state index contributed by atoms with van der Waals surface area (Å²) in [7, 11) is -3.10. The minimum atomic E-state index is -4.37. The summed E-state index contributed by atoms with van der Waals surface area (Å²) in [5, 5.41) is 4.52. The molecule has 0 radical (unpaired) electrons. The normalized spacial score (nSPS) is 13.4. The first kappa shape index (κ1) is 22.4. The number of hydrogen-bond donors (Lipinski definition) is 3. The van der Waals surface area contributed by atoms with Gasteiger partial charge in [-0.3, -0.25) is 9.59 Å². The Balaban J connectivity index is 2.21. The molecule has 0 saturated carbocycles. The highest BCUT2D eigenvalue weighted by Crippen LogP contribution is 2.18. The summed E-state index contributed by atoms with van der Waals surface area (Å²) in [5.74, 6) is -5.05. The average Bonchev–Trinajstić information content (AvgIpc) is 2.67. The summed E-state index contributed by atoms with van der Waals surface area (Å²) in [5.41, 5.74) is -0.0549. The molecule has 156 valence electrons. The maximum absolute atomic E-state index is 13.8. The zero-order valence-corrected chi connectivity index (χ0v) is 16.2. The molecule has 0 bridgehead atoms. The van der Waals surface area contributed by atoms with E-state index in [4.69, 9.17) is 0 Å². The predicted octanol–water partition coefficient (Wildman–Crippen LogP) is 1.37. The molecule has 2 rings (SSSR count). The third kappa shape index (κ3) is 5.33. The second-order valence-electron chi connectivity index (χ2n) is 6.00. The minimum absolute atomic E-state index is 0.0549. The van der Waals surface area contributed by atoms with Crippen molar-refractivity contribution in [2.75, 3.05) is 7.05 Å². The molecule has 0 aromatic heterocycles. The highest BCUT2D eigenvalue weighted by atomic mass is 32.2. The number of nitrogens with one attached hydrogen (secondary N) is 3. The van der Waals surface area contributed by atoms with Crippen LogP contribution >= 0.6 is 0 Å². The number of rotatable bonds is 7. The lowest BCUT2D eigenvalue weighted by Gasteiger charge is -2.21. The van der Waals surface area contributed by atoms with E-state index in [0.717, 1.165) is 30.3 Å². The standard InChI is InChI=1S/C18H18F3N3O4S/c1-10(24-29(27,28)15-6-4-3-5-13(15)20)17(25)23-16(18(26)22-2)11-7-8-12(19)14(21)9-11/h3-10,16,24H,1-2H3,(H,22,26)(H,23,25)/t10-,16?/m0/s1.